The number of primary amides is 1. The Bertz CT molecular complexity index is 581. The van der Waals surface area contributed by atoms with Crippen LogP contribution in [0.3, 0.4) is 0 Å². The maximum atomic E-state index is 12.5. The topological polar surface area (TPSA) is 98.3 Å². The average molecular weight is 300 g/mol. The number of hydrogen-bond acceptors (Lipinski definition) is 4. The molecule has 0 bridgehead atoms. The third-order valence-electron chi connectivity index (χ3n) is 3.68. The van der Waals surface area contributed by atoms with E-state index in [1.54, 1.807) is 7.05 Å². The summed E-state index contributed by atoms with van der Waals surface area (Å²) >= 11 is 0. The molecule has 1 amide bonds. The van der Waals surface area contributed by atoms with Gasteiger partial charge in [0.05, 0.1) is 6.20 Å². The first-order valence-electron chi connectivity index (χ1n) is 6.67. The molecule has 112 valence electrons. The normalized spacial score (nSPS) is 21.6. The number of sulfonamides is 1. The molecule has 1 fully saturated rings. The third-order valence-corrected chi connectivity index (χ3v) is 5.65. The maximum absolute atomic E-state index is 12.5. The van der Waals surface area contributed by atoms with E-state index in [0.29, 0.717) is 25.9 Å². The van der Waals surface area contributed by atoms with Crippen LogP contribution < -0.4 is 5.73 Å². The summed E-state index contributed by atoms with van der Waals surface area (Å²) < 4.78 is 27.9. The van der Waals surface area contributed by atoms with Crippen molar-refractivity contribution in [3.63, 3.8) is 0 Å². The highest BCUT2D eigenvalue weighted by molar-refractivity contribution is 7.89. The molecular weight excluding hydrogens is 280 g/mol. The molecule has 8 heteroatoms. The van der Waals surface area contributed by atoms with Gasteiger partial charge in [-0.3, -0.25) is 9.48 Å². The fraction of sp³-hybridized carbons (Fsp3) is 0.667. The predicted molar refractivity (Wildman–Crippen MR) is 73.1 cm³/mol. The number of carbonyl (C=O) groups excluding carboxylic acids is 1. The molecule has 1 aromatic heterocycles. The number of amides is 1. The number of carbonyl (C=O) groups is 1. The number of rotatable bonds is 4. The molecule has 2 heterocycles. The smallest absolute Gasteiger partial charge is 0.260 e. The average Bonchev–Trinajstić information content (AvgIpc) is 2.65. The molecule has 1 aromatic rings. The zero-order valence-corrected chi connectivity index (χ0v) is 12.3. The molecule has 1 saturated heterocycles. The molecule has 0 saturated carbocycles. The van der Waals surface area contributed by atoms with Gasteiger partial charge in [0.25, 0.3) is 10.0 Å². The largest absolute Gasteiger partial charge is 0.370 e. The molecule has 0 aromatic carbocycles. The van der Waals surface area contributed by atoms with E-state index in [0.717, 1.165) is 12.8 Å². The summed E-state index contributed by atoms with van der Waals surface area (Å²) in [6, 6.07) is 1.50. The quantitative estimate of drug-likeness (QED) is 0.851. The zero-order valence-electron chi connectivity index (χ0n) is 11.5. The molecule has 1 aliphatic rings. The van der Waals surface area contributed by atoms with Crippen LogP contribution in [0.25, 0.3) is 0 Å². The lowest BCUT2D eigenvalue weighted by Gasteiger charge is -2.20. The van der Waals surface area contributed by atoms with Crippen LogP contribution in [-0.4, -0.2) is 41.5 Å². The second-order valence-corrected chi connectivity index (χ2v) is 7.05. The summed E-state index contributed by atoms with van der Waals surface area (Å²) in [6.45, 7) is 0.897. The minimum atomic E-state index is -3.51. The summed E-state index contributed by atoms with van der Waals surface area (Å²) in [4.78, 5) is 11.0. The third kappa shape index (κ3) is 3.18. The fourth-order valence-electron chi connectivity index (χ4n) is 2.62. The van der Waals surface area contributed by atoms with Crippen molar-refractivity contribution < 1.29 is 13.2 Å². The van der Waals surface area contributed by atoms with Gasteiger partial charge in [-0.25, -0.2) is 8.42 Å². The SMILES string of the molecule is Cn1nccc1S(=O)(=O)N1CCCC(CC(N)=O)CC1. The molecule has 20 heavy (non-hydrogen) atoms. The minimum Gasteiger partial charge on any atom is -0.370 e. The highest BCUT2D eigenvalue weighted by Crippen LogP contribution is 2.24. The van der Waals surface area contributed by atoms with Gasteiger partial charge >= 0.3 is 0 Å². The van der Waals surface area contributed by atoms with Gasteiger partial charge in [0, 0.05) is 26.6 Å². The van der Waals surface area contributed by atoms with Gasteiger partial charge in [-0.2, -0.15) is 9.40 Å². The second-order valence-electron chi connectivity index (χ2n) is 5.16. The van der Waals surface area contributed by atoms with Crippen molar-refractivity contribution in [2.75, 3.05) is 13.1 Å². The van der Waals surface area contributed by atoms with Gasteiger partial charge in [-0.15, -0.1) is 0 Å². The summed E-state index contributed by atoms with van der Waals surface area (Å²) in [6.07, 6.45) is 4.05. The Balaban J connectivity index is 2.11. The van der Waals surface area contributed by atoms with Gasteiger partial charge in [0.2, 0.25) is 5.91 Å². The van der Waals surface area contributed by atoms with E-state index in [1.807, 2.05) is 0 Å². The van der Waals surface area contributed by atoms with Crippen LogP contribution in [0, 0.1) is 5.92 Å². The van der Waals surface area contributed by atoms with E-state index in [1.165, 1.54) is 21.3 Å². The van der Waals surface area contributed by atoms with E-state index in [-0.39, 0.29) is 16.9 Å². The first-order valence-corrected chi connectivity index (χ1v) is 8.11. The van der Waals surface area contributed by atoms with Crippen LogP contribution >= 0.6 is 0 Å². The Morgan fingerprint density at radius 1 is 1.45 bits per heavy atom. The van der Waals surface area contributed by atoms with Crippen LogP contribution in [0.1, 0.15) is 25.7 Å². The number of aryl methyl sites for hydroxylation is 1. The lowest BCUT2D eigenvalue weighted by molar-refractivity contribution is -0.119. The molecule has 2 N–H and O–H groups in total. The number of aromatic nitrogens is 2. The highest BCUT2D eigenvalue weighted by Gasteiger charge is 2.29. The summed E-state index contributed by atoms with van der Waals surface area (Å²) in [5.41, 5.74) is 5.21. The molecule has 1 atom stereocenters. The molecule has 0 aliphatic carbocycles. The number of hydrogen-bond donors (Lipinski definition) is 1. The summed E-state index contributed by atoms with van der Waals surface area (Å²) in [5, 5.41) is 4.11. The van der Waals surface area contributed by atoms with Crippen LogP contribution in [0.4, 0.5) is 0 Å². The van der Waals surface area contributed by atoms with Crippen molar-refractivity contribution in [3.05, 3.63) is 12.3 Å². The zero-order chi connectivity index (χ0) is 14.8. The molecule has 0 radical (unpaired) electrons. The number of nitrogens with two attached hydrogens (primary N) is 1. The molecule has 7 nitrogen and oxygen atoms in total. The van der Waals surface area contributed by atoms with E-state index >= 15 is 0 Å². The Hall–Kier alpha value is -1.41. The van der Waals surface area contributed by atoms with E-state index < -0.39 is 10.0 Å². The van der Waals surface area contributed by atoms with Crippen molar-refractivity contribution in [1.82, 2.24) is 14.1 Å². The van der Waals surface area contributed by atoms with Crippen molar-refractivity contribution in [3.8, 4) is 0 Å². The van der Waals surface area contributed by atoms with E-state index in [2.05, 4.69) is 5.10 Å². The highest BCUT2D eigenvalue weighted by atomic mass is 32.2. The monoisotopic (exact) mass is 300 g/mol. The Morgan fingerprint density at radius 2 is 2.20 bits per heavy atom. The van der Waals surface area contributed by atoms with Gasteiger partial charge in [0.15, 0.2) is 5.03 Å². The predicted octanol–water partition coefficient (Wildman–Crippen LogP) is 0.0863. The summed E-state index contributed by atoms with van der Waals surface area (Å²) in [7, 11) is -1.90. The number of nitrogens with zero attached hydrogens (tertiary/aromatic N) is 3. The van der Waals surface area contributed by atoms with Crippen molar-refractivity contribution in [2.24, 2.45) is 18.7 Å². The second kappa shape index (κ2) is 5.92. The van der Waals surface area contributed by atoms with Crippen LogP contribution in [0.15, 0.2) is 17.3 Å². The first kappa shape index (κ1) is 15.0. The summed E-state index contributed by atoms with van der Waals surface area (Å²) in [5.74, 6) is -0.142. The van der Waals surface area contributed by atoms with Crippen molar-refractivity contribution >= 4 is 15.9 Å². The molecular formula is C12H20N4O3S. The van der Waals surface area contributed by atoms with Gasteiger partial charge in [-0.05, 0) is 31.2 Å². The van der Waals surface area contributed by atoms with Gasteiger partial charge in [-0.1, -0.05) is 0 Å². The van der Waals surface area contributed by atoms with Crippen molar-refractivity contribution in [2.45, 2.75) is 30.7 Å². The molecule has 0 spiro atoms. The standard InChI is InChI=1S/C12H20N4O3S/c1-15-12(4-6-14-15)20(18,19)16-7-2-3-10(5-8-16)9-11(13)17/h4,6,10H,2-3,5,7-9H2,1H3,(H2,13,17). The van der Waals surface area contributed by atoms with Crippen LogP contribution in [0.5, 0.6) is 0 Å². The van der Waals surface area contributed by atoms with E-state index in [4.69, 9.17) is 5.73 Å². The molecule has 2 rings (SSSR count). The maximum Gasteiger partial charge on any atom is 0.260 e. The lowest BCUT2D eigenvalue weighted by Crippen LogP contribution is -2.33. The first-order chi connectivity index (χ1) is 9.41. The van der Waals surface area contributed by atoms with Crippen molar-refractivity contribution in [1.29, 1.82) is 0 Å². The van der Waals surface area contributed by atoms with Gasteiger partial charge < -0.3 is 5.73 Å². The Labute approximate surface area is 118 Å². The Morgan fingerprint density at radius 3 is 2.80 bits per heavy atom. The van der Waals surface area contributed by atoms with Crippen LogP contribution in [-0.2, 0) is 21.9 Å². The Kier molecular flexibility index (Phi) is 4.44. The lowest BCUT2D eigenvalue weighted by atomic mass is 9.97. The van der Waals surface area contributed by atoms with Gasteiger partial charge in [0.1, 0.15) is 0 Å². The van der Waals surface area contributed by atoms with E-state index in [9.17, 15) is 13.2 Å². The minimum absolute atomic E-state index is 0.180. The molecule has 1 aliphatic heterocycles. The van der Waals surface area contributed by atoms with Crippen LogP contribution in [0.2, 0.25) is 0 Å². The fourth-order valence-corrected chi connectivity index (χ4v) is 4.21. The molecule has 1 unspecified atom stereocenters.